The van der Waals surface area contributed by atoms with Crippen LogP contribution in [0.25, 0.3) is 0 Å². The first-order chi connectivity index (χ1) is 15.3. The number of hydrogen-bond donors (Lipinski definition) is 1. The first-order valence-corrected chi connectivity index (χ1v) is 10.4. The number of benzene rings is 3. The number of nitrogens with zero attached hydrogens (tertiary/aromatic N) is 1. The quantitative estimate of drug-likeness (QED) is 0.456. The number of rotatable bonds is 7. The van der Waals surface area contributed by atoms with Crippen molar-refractivity contribution in [1.29, 1.82) is 0 Å². The molecule has 0 spiro atoms. The van der Waals surface area contributed by atoms with Crippen molar-refractivity contribution in [3.8, 4) is 23.0 Å². The second kappa shape index (κ2) is 10.1. The average molecular weight is 435 g/mol. The van der Waals surface area contributed by atoms with E-state index < -0.39 is 0 Å². The van der Waals surface area contributed by atoms with Gasteiger partial charge in [-0.25, -0.2) is 4.79 Å². The van der Waals surface area contributed by atoms with Gasteiger partial charge in [-0.15, -0.1) is 0 Å². The van der Waals surface area contributed by atoms with Crippen molar-refractivity contribution in [2.24, 2.45) is 5.41 Å². The van der Waals surface area contributed by atoms with E-state index in [1.54, 1.807) is 31.3 Å². The number of para-hydroxylation sites is 1. The average Bonchev–Trinajstić information content (AvgIpc) is 2.78. The van der Waals surface area contributed by atoms with Crippen molar-refractivity contribution in [3.63, 3.8) is 0 Å². The molecule has 6 nitrogen and oxygen atoms in total. The molecule has 32 heavy (non-hydrogen) atoms. The number of nitrogens with one attached hydrogen (secondary N) is 1. The SMILES string of the molecule is COc1ccc(N(CC(C)(C)C)C(=O)Nc2ccc(Oc3ccccc3)cc2)cc1OC. The Labute approximate surface area is 189 Å². The van der Waals surface area contributed by atoms with Gasteiger partial charge >= 0.3 is 6.03 Å². The highest BCUT2D eigenvalue weighted by Gasteiger charge is 2.24. The number of hydrogen-bond acceptors (Lipinski definition) is 4. The molecule has 0 fully saturated rings. The van der Waals surface area contributed by atoms with E-state index in [1.807, 2.05) is 60.7 Å². The summed E-state index contributed by atoms with van der Waals surface area (Å²) in [5.74, 6) is 2.63. The Morgan fingerprint density at radius 3 is 2.06 bits per heavy atom. The topological polar surface area (TPSA) is 60.0 Å². The third-order valence-corrected chi connectivity index (χ3v) is 4.64. The van der Waals surface area contributed by atoms with Crippen LogP contribution in [-0.2, 0) is 0 Å². The summed E-state index contributed by atoms with van der Waals surface area (Å²) >= 11 is 0. The van der Waals surface area contributed by atoms with E-state index in [1.165, 1.54) is 0 Å². The highest BCUT2D eigenvalue weighted by molar-refractivity contribution is 6.02. The summed E-state index contributed by atoms with van der Waals surface area (Å²) in [6.45, 7) is 6.78. The molecule has 0 aliphatic carbocycles. The van der Waals surface area contributed by atoms with Gasteiger partial charge in [0, 0.05) is 24.0 Å². The molecule has 0 unspecified atom stereocenters. The number of methoxy groups -OCH3 is 2. The molecule has 168 valence electrons. The number of ether oxygens (including phenoxy) is 3. The standard InChI is InChI=1S/C26H30N2O4/c1-26(2,3)18-28(20-13-16-23(30-4)24(17-20)31-5)25(29)27-19-11-14-22(15-12-19)32-21-9-7-6-8-10-21/h6-17H,18H2,1-5H3,(H,27,29). The Balaban J connectivity index is 1.78. The molecular weight excluding hydrogens is 404 g/mol. The maximum absolute atomic E-state index is 13.2. The minimum atomic E-state index is -0.233. The fourth-order valence-electron chi connectivity index (χ4n) is 3.17. The summed E-state index contributed by atoms with van der Waals surface area (Å²) in [5.41, 5.74) is 1.28. The van der Waals surface area contributed by atoms with Crippen LogP contribution in [0.15, 0.2) is 72.8 Å². The van der Waals surface area contributed by atoms with E-state index in [2.05, 4.69) is 26.1 Å². The molecule has 3 aromatic carbocycles. The van der Waals surface area contributed by atoms with Gasteiger partial charge in [-0.05, 0) is 53.9 Å². The van der Waals surface area contributed by atoms with Crippen LogP contribution in [-0.4, -0.2) is 26.8 Å². The van der Waals surface area contributed by atoms with Gasteiger partial charge in [0.15, 0.2) is 11.5 Å². The lowest BCUT2D eigenvalue weighted by atomic mass is 9.96. The number of carbonyl (C=O) groups excluding carboxylic acids is 1. The van der Waals surface area contributed by atoms with Crippen molar-refractivity contribution in [3.05, 3.63) is 72.8 Å². The van der Waals surface area contributed by atoms with E-state index in [0.717, 1.165) is 11.4 Å². The number of urea groups is 1. The van der Waals surface area contributed by atoms with Crippen LogP contribution in [0.3, 0.4) is 0 Å². The van der Waals surface area contributed by atoms with Crippen molar-refractivity contribution in [2.45, 2.75) is 20.8 Å². The molecule has 0 saturated heterocycles. The summed E-state index contributed by atoms with van der Waals surface area (Å²) < 4.78 is 16.6. The van der Waals surface area contributed by atoms with E-state index in [0.29, 0.717) is 29.5 Å². The molecule has 0 aromatic heterocycles. The number of amides is 2. The molecule has 0 aliphatic rings. The maximum Gasteiger partial charge on any atom is 0.326 e. The number of anilines is 2. The van der Waals surface area contributed by atoms with Gasteiger partial charge in [0.25, 0.3) is 0 Å². The zero-order valence-corrected chi connectivity index (χ0v) is 19.2. The predicted molar refractivity (Wildman–Crippen MR) is 128 cm³/mol. The lowest BCUT2D eigenvalue weighted by Crippen LogP contribution is -2.40. The van der Waals surface area contributed by atoms with E-state index in [-0.39, 0.29) is 11.4 Å². The second-order valence-corrected chi connectivity index (χ2v) is 8.56. The first-order valence-electron chi connectivity index (χ1n) is 10.4. The molecule has 0 saturated carbocycles. The molecule has 6 heteroatoms. The molecule has 1 N–H and O–H groups in total. The lowest BCUT2D eigenvalue weighted by molar-refractivity contribution is 0.253. The summed E-state index contributed by atoms with van der Waals surface area (Å²) in [7, 11) is 3.16. The van der Waals surface area contributed by atoms with Crippen LogP contribution >= 0.6 is 0 Å². The Morgan fingerprint density at radius 1 is 0.844 bits per heavy atom. The van der Waals surface area contributed by atoms with Crippen LogP contribution in [0.5, 0.6) is 23.0 Å². The minimum absolute atomic E-state index is 0.113. The van der Waals surface area contributed by atoms with Crippen LogP contribution in [0, 0.1) is 5.41 Å². The van der Waals surface area contributed by atoms with Gasteiger partial charge in [-0.3, -0.25) is 4.90 Å². The van der Waals surface area contributed by atoms with Crippen molar-refractivity contribution >= 4 is 17.4 Å². The molecular formula is C26H30N2O4. The van der Waals surface area contributed by atoms with Gasteiger partial charge in [0.1, 0.15) is 11.5 Å². The molecule has 3 rings (SSSR count). The van der Waals surface area contributed by atoms with Crippen LogP contribution in [0.4, 0.5) is 16.2 Å². The number of carbonyl (C=O) groups is 1. The summed E-state index contributed by atoms with van der Waals surface area (Å²) in [4.78, 5) is 14.9. The van der Waals surface area contributed by atoms with Crippen molar-refractivity contribution in [1.82, 2.24) is 0 Å². The third-order valence-electron chi connectivity index (χ3n) is 4.64. The van der Waals surface area contributed by atoms with Crippen LogP contribution < -0.4 is 24.4 Å². The Hall–Kier alpha value is -3.67. The Bertz CT molecular complexity index is 1030. The fourth-order valence-corrected chi connectivity index (χ4v) is 3.17. The molecule has 3 aromatic rings. The monoisotopic (exact) mass is 434 g/mol. The lowest BCUT2D eigenvalue weighted by Gasteiger charge is -2.30. The molecule has 0 heterocycles. The summed E-state index contributed by atoms with van der Waals surface area (Å²) in [5, 5.41) is 2.98. The summed E-state index contributed by atoms with van der Waals surface area (Å²) in [6.07, 6.45) is 0. The van der Waals surface area contributed by atoms with E-state index >= 15 is 0 Å². The molecule has 2 amide bonds. The van der Waals surface area contributed by atoms with Gasteiger partial charge < -0.3 is 19.5 Å². The van der Waals surface area contributed by atoms with E-state index in [9.17, 15) is 4.79 Å². The first kappa shape index (κ1) is 23.0. The smallest absolute Gasteiger partial charge is 0.326 e. The zero-order chi connectivity index (χ0) is 23.1. The zero-order valence-electron chi connectivity index (χ0n) is 19.2. The third kappa shape index (κ3) is 6.17. The van der Waals surface area contributed by atoms with Crippen LogP contribution in [0.1, 0.15) is 20.8 Å². The predicted octanol–water partition coefficient (Wildman–Crippen LogP) is 6.58. The molecule has 0 aliphatic heterocycles. The fraction of sp³-hybridized carbons (Fsp3) is 0.269. The highest BCUT2D eigenvalue weighted by Crippen LogP contribution is 2.33. The molecule has 0 atom stereocenters. The van der Waals surface area contributed by atoms with Crippen molar-refractivity contribution < 1.29 is 19.0 Å². The largest absolute Gasteiger partial charge is 0.493 e. The normalized spacial score (nSPS) is 10.9. The molecule has 0 radical (unpaired) electrons. The maximum atomic E-state index is 13.2. The van der Waals surface area contributed by atoms with Gasteiger partial charge in [-0.2, -0.15) is 0 Å². The Morgan fingerprint density at radius 2 is 1.47 bits per heavy atom. The second-order valence-electron chi connectivity index (χ2n) is 8.56. The van der Waals surface area contributed by atoms with Gasteiger partial charge in [0.2, 0.25) is 0 Å². The summed E-state index contributed by atoms with van der Waals surface area (Å²) in [6, 6.07) is 22.1. The Kier molecular flexibility index (Phi) is 7.25. The van der Waals surface area contributed by atoms with Gasteiger partial charge in [-0.1, -0.05) is 39.0 Å². The highest BCUT2D eigenvalue weighted by atomic mass is 16.5. The minimum Gasteiger partial charge on any atom is -0.493 e. The van der Waals surface area contributed by atoms with E-state index in [4.69, 9.17) is 14.2 Å². The molecule has 0 bridgehead atoms. The van der Waals surface area contributed by atoms with Gasteiger partial charge in [0.05, 0.1) is 14.2 Å². The van der Waals surface area contributed by atoms with Crippen LogP contribution in [0.2, 0.25) is 0 Å². The van der Waals surface area contributed by atoms with Crippen molar-refractivity contribution in [2.75, 3.05) is 31.0 Å².